The van der Waals surface area contributed by atoms with Crippen LogP contribution in [0.15, 0.2) is 48.1 Å². The fourth-order valence-electron chi connectivity index (χ4n) is 1.48. The SMILES string of the molecule is Br.c1ccc(-c2cn3ccsc3n2)cc1. The third-order valence-electron chi connectivity index (χ3n) is 2.16. The van der Waals surface area contributed by atoms with E-state index in [9.17, 15) is 0 Å². The van der Waals surface area contributed by atoms with Gasteiger partial charge in [-0.15, -0.1) is 28.3 Å². The van der Waals surface area contributed by atoms with Gasteiger partial charge >= 0.3 is 0 Å². The Balaban J connectivity index is 0.000000853. The Kier molecular flexibility index (Phi) is 2.88. The van der Waals surface area contributed by atoms with Gasteiger partial charge in [0, 0.05) is 23.3 Å². The van der Waals surface area contributed by atoms with Crippen LogP contribution in [0.5, 0.6) is 0 Å². The van der Waals surface area contributed by atoms with E-state index in [0.29, 0.717) is 0 Å². The smallest absolute Gasteiger partial charge is 0.194 e. The quantitative estimate of drug-likeness (QED) is 0.665. The predicted octanol–water partition coefficient (Wildman–Crippen LogP) is 3.64. The lowest BCUT2D eigenvalue weighted by Crippen LogP contribution is -1.74. The molecule has 0 bridgehead atoms. The van der Waals surface area contributed by atoms with Gasteiger partial charge in [-0.05, 0) is 0 Å². The van der Waals surface area contributed by atoms with Gasteiger partial charge in [-0.3, -0.25) is 4.40 Å². The highest BCUT2D eigenvalue weighted by atomic mass is 79.9. The Morgan fingerprint density at radius 3 is 2.67 bits per heavy atom. The van der Waals surface area contributed by atoms with Crippen molar-refractivity contribution in [3.63, 3.8) is 0 Å². The summed E-state index contributed by atoms with van der Waals surface area (Å²) in [4.78, 5) is 5.57. The highest BCUT2D eigenvalue weighted by molar-refractivity contribution is 8.93. The first-order valence-corrected chi connectivity index (χ1v) is 5.29. The molecule has 0 unspecified atom stereocenters. The third kappa shape index (κ3) is 1.82. The van der Waals surface area contributed by atoms with Crippen LogP contribution >= 0.6 is 28.3 Å². The zero-order valence-corrected chi connectivity index (χ0v) is 10.4. The van der Waals surface area contributed by atoms with E-state index < -0.39 is 0 Å². The third-order valence-corrected chi connectivity index (χ3v) is 2.93. The molecule has 0 saturated heterocycles. The van der Waals surface area contributed by atoms with Crippen molar-refractivity contribution in [3.8, 4) is 11.3 Å². The summed E-state index contributed by atoms with van der Waals surface area (Å²) in [7, 11) is 0. The second-order valence-electron chi connectivity index (χ2n) is 3.09. The minimum absolute atomic E-state index is 0. The van der Waals surface area contributed by atoms with Gasteiger partial charge in [-0.2, -0.15) is 0 Å². The zero-order chi connectivity index (χ0) is 9.38. The number of hydrogen-bond acceptors (Lipinski definition) is 2. The summed E-state index contributed by atoms with van der Waals surface area (Å²) in [5, 5.41) is 2.04. The van der Waals surface area contributed by atoms with E-state index in [-0.39, 0.29) is 17.0 Å². The second-order valence-corrected chi connectivity index (χ2v) is 3.96. The Morgan fingerprint density at radius 2 is 1.93 bits per heavy atom. The molecule has 4 heteroatoms. The largest absolute Gasteiger partial charge is 0.297 e. The normalized spacial score (nSPS) is 10.1. The minimum atomic E-state index is 0. The minimum Gasteiger partial charge on any atom is -0.297 e. The van der Waals surface area contributed by atoms with Crippen molar-refractivity contribution < 1.29 is 0 Å². The number of nitrogens with zero attached hydrogens (tertiary/aromatic N) is 2. The van der Waals surface area contributed by atoms with Crippen LogP contribution in [0.4, 0.5) is 0 Å². The van der Waals surface area contributed by atoms with Gasteiger partial charge in [0.25, 0.3) is 0 Å². The lowest BCUT2D eigenvalue weighted by molar-refractivity contribution is 1.23. The van der Waals surface area contributed by atoms with Gasteiger partial charge in [0.15, 0.2) is 4.96 Å². The van der Waals surface area contributed by atoms with Crippen LogP contribution in [-0.2, 0) is 0 Å². The fourth-order valence-corrected chi connectivity index (χ4v) is 2.18. The molecule has 0 atom stereocenters. The molecule has 3 aromatic rings. The fraction of sp³-hybridized carbons (Fsp3) is 0. The summed E-state index contributed by atoms with van der Waals surface area (Å²) in [6.07, 6.45) is 4.08. The lowest BCUT2D eigenvalue weighted by atomic mass is 10.2. The van der Waals surface area contributed by atoms with E-state index >= 15 is 0 Å². The Hall–Kier alpha value is -1.13. The van der Waals surface area contributed by atoms with E-state index in [1.807, 2.05) is 34.2 Å². The topological polar surface area (TPSA) is 17.3 Å². The standard InChI is InChI=1S/C11H8N2S.BrH/c1-2-4-9(5-3-1)10-8-13-6-7-14-11(13)12-10;/h1-8H;1H. The molecular formula is C11H9BrN2S. The van der Waals surface area contributed by atoms with Crippen LogP contribution < -0.4 is 0 Å². The number of rotatable bonds is 1. The first kappa shape index (κ1) is 10.4. The van der Waals surface area contributed by atoms with Gasteiger partial charge in [-0.25, -0.2) is 4.98 Å². The summed E-state index contributed by atoms with van der Waals surface area (Å²) in [6, 6.07) is 10.2. The number of aromatic nitrogens is 2. The van der Waals surface area contributed by atoms with E-state index in [0.717, 1.165) is 10.7 Å². The number of imidazole rings is 1. The molecule has 15 heavy (non-hydrogen) atoms. The molecule has 0 N–H and O–H groups in total. The van der Waals surface area contributed by atoms with Crippen molar-refractivity contribution in [3.05, 3.63) is 48.1 Å². The molecule has 2 nitrogen and oxygen atoms in total. The van der Waals surface area contributed by atoms with E-state index in [1.54, 1.807) is 11.3 Å². The Bertz CT molecular complexity index is 527. The van der Waals surface area contributed by atoms with Crippen molar-refractivity contribution in [2.45, 2.75) is 0 Å². The second kappa shape index (κ2) is 4.16. The molecule has 0 spiro atoms. The number of fused-ring (bicyclic) bond motifs is 1. The van der Waals surface area contributed by atoms with Gasteiger partial charge in [0.05, 0.1) is 5.69 Å². The molecule has 0 aliphatic rings. The maximum absolute atomic E-state index is 4.52. The van der Waals surface area contributed by atoms with Crippen molar-refractivity contribution in [1.82, 2.24) is 9.38 Å². The molecule has 0 fully saturated rings. The first-order chi connectivity index (χ1) is 6.93. The highest BCUT2D eigenvalue weighted by Gasteiger charge is 2.03. The van der Waals surface area contributed by atoms with Crippen molar-refractivity contribution in [2.75, 3.05) is 0 Å². The van der Waals surface area contributed by atoms with Crippen LogP contribution in [0, 0.1) is 0 Å². The van der Waals surface area contributed by atoms with Crippen LogP contribution in [0.2, 0.25) is 0 Å². The first-order valence-electron chi connectivity index (χ1n) is 4.41. The molecule has 0 radical (unpaired) electrons. The lowest BCUT2D eigenvalue weighted by Gasteiger charge is -1.92. The van der Waals surface area contributed by atoms with E-state index in [2.05, 4.69) is 23.3 Å². The number of halogens is 1. The van der Waals surface area contributed by atoms with Crippen molar-refractivity contribution in [1.29, 1.82) is 0 Å². The molecule has 1 aromatic carbocycles. The molecular weight excluding hydrogens is 272 g/mol. The number of thiazole rings is 1. The van der Waals surface area contributed by atoms with Crippen molar-refractivity contribution in [2.24, 2.45) is 0 Å². The monoisotopic (exact) mass is 280 g/mol. The summed E-state index contributed by atoms with van der Waals surface area (Å²) in [6.45, 7) is 0. The maximum atomic E-state index is 4.52. The van der Waals surface area contributed by atoms with Gasteiger partial charge in [0.2, 0.25) is 0 Å². The Morgan fingerprint density at radius 1 is 1.13 bits per heavy atom. The van der Waals surface area contributed by atoms with E-state index in [4.69, 9.17) is 0 Å². The van der Waals surface area contributed by atoms with Crippen LogP contribution in [0.25, 0.3) is 16.2 Å². The zero-order valence-electron chi connectivity index (χ0n) is 7.83. The summed E-state index contributed by atoms with van der Waals surface area (Å²) in [5.41, 5.74) is 2.21. The number of benzene rings is 1. The summed E-state index contributed by atoms with van der Waals surface area (Å²) in [5.74, 6) is 0. The predicted molar refractivity (Wildman–Crippen MR) is 68.8 cm³/mol. The van der Waals surface area contributed by atoms with Crippen molar-refractivity contribution >= 4 is 33.3 Å². The van der Waals surface area contributed by atoms with Crippen LogP contribution in [0.3, 0.4) is 0 Å². The molecule has 76 valence electrons. The molecule has 3 rings (SSSR count). The highest BCUT2D eigenvalue weighted by Crippen LogP contribution is 2.20. The van der Waals surface area contributed by atoms with Crippen LogP contribution in [0.1, 0.15) is 0 Å². The number of hydrogen-bond donors (Lipinski definition) is 0. The van der Waals surface area contributed by atoms with Crippen LogP contribution in [-0.4, -0.2) is 9.38 Å². The molecule has 2 aromatic heterocycles. The summed E-state index contributed by atoms with van der Waals surface area (Å²) < 4.78 is 2.05. The molecule has 2 heterocycles. The molecule has 0 aliphatic heterocycles. The maximum Gasteiger partial charge on any atom is 0.194 e. The van der Waals surface area contributed by atoms with Gasteiger partial charge < -0.3 is 0 Å². The molecule has 0 amide bonds. The molecule has 0 saturated carbocycles. The molecule has 0 aliphatic carbocycles. The van der Waals surface area contributed by atoms with Gasteiger partial charge in [0.1, 0.15) is 0 Å². The van der Waals surface area contributed by atoms with Gasteiger partial charge in [-0.1, -0.05) is 30.3 Å². The summed E-state index contributed by atoms with van der Waals surface area (Å²) >= 11 is 1.65. The average molecular weight is 281 g/mol. The van der Waals surface area contributed by atoms with E-state index in [1.165, 1.54) is 5.56 Å². The average Bonchev–Trinajstić information content (AvgIpc) is 2.78. The Labute approximate surface area is 102 Å².